The highest BCUT2D eigenvalue weighted by molar-refractivity contribution is 5.94. The molecule has 92 valence electrons. The molecule has 3 heteroatoms. The van der Waals surface area contributed by atoms with Gasteiger partial charge in [0.2, 0.25) is 0 Å². The summed E-state index contributed by atoms with van der Waals surface area (Å²) >= 11 is 0. The summed E-state index contributed by atoms with van der Waals surface area (Å²) in [5, 5.41) is 1.14. The Kier molecular flexibility index (Phi) is 2.97. The van der Waals surface area contributed by atoms with E-state index >= 15 is 0 Å². The lowest BCUT2D eigenvalue weighted by molar-refractivity contribution is 0.112. The predicted molar refractivity (Wildman–Crippen MR) is 73.2 cm³/mol. The first-order valence-corrected chi connectivity index (χ1v) is 6.47. The topological polar surface area (TPSA) is 33.2 Å². The SMILES string of the molecule is O=Cc1ccc2c(N3CCCCC3)ccnc2c1. The minimum atomic E-state index is 0.686. The third-order valence-electron chi connectivity index (χ3n) is 3.58. The Labute approximate surface area is 106 Å². The molecule has 1 aliphatic heterocycles. The monoisotopic (exact) mass is 240 g/mol. The van der Waals surface area contributed by atoms with Crippen molar-refractivity contribution in [3.8, 4) is 0 Å². The molecule has 18 heavy (non-hydrogen) atoms. The Morgan fingerprint density at radius 1 is 1.11 bits per heavy atom. The average molecular weight is 240 g/mol. The van der Waals surface area contributed by atoms with E-state index in [1.165, 1.54) is 24.9 Å². The highest BCUT2D eigenvalue weighted by atomic mass is 16.1. The molecule has 0 atom stereocenters. The molecule has 1 fully saturated rings. The summed E-state index contributed by atoms with van der Waals surface area (Å²) in [5.41, 5.74) is 2.84. The first-order valence-electron chi connectivity index (χ1n) is 6.47. The second-order valence-corrected chi connectivity index (χ2v) is 4.77. The largest absolute Gasteiger partial charge is 0.371 e. The van der Waals surface area contributed by atoms with E-state index in [1.807, 2.05) is 24.4 Å². The number of carbonyl (C=O) groups excluding carboxylic acids is 1. The molecule has 0 spiro atoms. The molecule has 1 aromatic heterocycles. The number of aldehydes is 1. The molecule has 0 N–H and O–H groups in total. The van der Waals surface area contributed by atoms with Crippen LogP contribution in [0.1, 0.15) is 29.6 Å². The van der Waals surface area contributed by atoms with Crippen LogP contribution in [0.4, 0.5) is 5.69 Å². The van der Waals surface area contributed by atoms with Crippen LogP contribution >= 0.6 is 0 Å². The summed E-state index contributed by atoms with van der Waals surface area (Å²) < 4.78 is 0. The zero-order chi connectivity index (χ0) is 12.4. The van der Waals surface area contributed by atoms with E-state index in [-0.39, 0.29) is 0 Å². The number of anilines is 1. The van der Waals surface area contributed by atoms with Crippen molar-refractivity contribution < 1.29 is 4.79 Å². The Morgan fingerprint density at radius 2 is 1.94 bits per heavy atom. The summed E-state index contributed by atoms with van der Waals surface area (Å²) in [6.45, 7) is 2.24. The molecule has 0 amide bonds. The average Bonchev–Trinajstić information content (AvgIpc) is 2.47. The summed E-state index contributed by atoms with van der Waals surface area (Å²) in [7, 11) is 0. The van der Waals surface area contributed by atoms with Gasteiger partial charge in [-0.15, -0.1) is 0 Å². The number of hydrogen-bond acceptors (Lipinski definition) is 3. The van der Waals surface area contributed by atoms with E-state index in [0.717, 1.165) is 30.3 Å². The van der Waals surface area contributed by atoms with Crippen molar-refractivity contribution in [3.05, 3.63) is 36.0 Å². The molecular formula is C15H16N2O. The second kappa shape index (κ2) is 4.77. The van der Waals surface area contributed by atoms with E-state index < -0.39 is 0 Å². The van der Waals surface area contributed by atoms with Gasteiger partial charge in [-0.2, -0.15) is 0 Å². The van der Waals surface area contributed by atoms with Crippen molar-refractivity contribution >= 4 is 22.9 Å². The number of benzene rings is 1. The number of rotatable bonds is 2. The van der Waals surface area contributed by atoms with Crippen LogP contribution in [0.25, 0.3) is 10.9 Å². The fourth-order valence-electron chi connectivity index (χ4n) is 2.63. The maximum atomic E-state index is 10.8. The third kappa shape index (κ3) is 1.96. The van der Waals surface area contributed by atoms with Crippen LogP contribution in [0.5, 0.6) is 0 Å². The lowest BCUT2D eigenvalue weighted by Gasteiger charge is -2.29. The second-order valence-electron chi connectivity index (χ2n) is 4.77. The van der Waals surface area contributed by atoms with E-state index in [2.05, 4.69) is 16.0 Å². The maximum absolute atomic E-state index is 10.8. The van der Waals surface area contributed by atoms with Gasteiger partial charge in [0, 0.05) is 35.9 Å². The van der Waals surface area contributed by atoms with Crippen molar-refractivity contribution in [1.82, 2.24) is 4.98 Å². The minimum Gasteiger partial charge on any atom is -0.371 e. The quantitative estimate of drug-likeness (QED) is 0.756. The number of piperidine rings is 1. The Balaban J connectivity index is 2.08. The fourth-order valence-corrected chi connectivity index (χ4v) is 2.63. The van der Waals surface area contributed by atoms with Gasteiger partial charge in [-0.25, -0.2) is 0 Å². The van der Waals surface area contributed by atoms with Gasteiger partial charge in [0.1, 0.15) is 6.29 Å². The van der Waals surface area contributed by atoms with Crippen LogP contribution < -0.4 is 4.90 Å². The van der Waals surface area contributed by atoms with E-state index in [0.29, 0.717) is 5.56 Å². The molecule has 0 aliphatic carbocycles. The molecular weight excluding hydrogens is 224 g/mol. The highest BCUT2D eigenvalue weighted by Crippen LogP contribution is 2.28. The number of carbonyl (C=O) groups is 1. The summed E-state index contributed by atoms with van der Waals surface area (Å²) in [6.07, 6.45) is 6.55. The molecule has 0 saturated carbocycles. The number of pyridine rings is 1. The van der Waals surface area contributed by atoms with Gasteiger partial charge < -0.3 is 4.90 Å². The zero-order valence-electron chi connectivity index (χ0n) is 10.3. The van der Waals surface area contributed by atoms with Gasteiger partial charge in [0.15, 0.2) is 0 Å². The van der Waals surface area contributed by atoms with Gasteiger partial charge in [-0.05, 0) is 31.4 Å². The van der Waals surface area contributed by atoms with Crippen LogP contribution in [0, 0.1) is 0 Å². The molecule has 1 aliphatic rings. The highest BCUT2D eigenvalue weighted by Gasteiger charge is 2.13. The zero-order valence-corrected chi connectivity index (χ0v) is 10.3. The Hall–Kier alpha value is -1.90. The van der Waals surface area contributed by atoms with Crippen molar-refractivity contribution in [1.29, 1.82) is 0 Å². The number of aromatic nitrogens is 1. The van der Waals surface area contributed by atoms with E-state index in [4.69, 9.17) is 0 Å². The van der Waals surface area contributed by atoms with E-state index in [9.17, 15) is 4.79 Å². The van der Waals surface area contributed by atoms with Crippen LogP contribution in [-0.4, -0.2) is 24.4 Å². The van der Waals surface area contributed by atoms with Crippen LogP contribution in [0.3, 0.4) is 0 Å². The fraction of sp³-hybridized carbons (Fsp3) is 0.333. The van der Waals surface area contributed by atoms with Crippen LogP contribution in [0.2, 0.25) is 0 Å². The predicted octanol–water partition coefficient (Wildman–Crippen LogP) is 3.04. The minimum absolute atomic E-state index is 0.686. The van der Waals surface area contributed by atoms with Crippen molar-refractivity contribution in [2.45, 2.75) is 19.3 Å². The normalized spacial score (nSPS) is 15.9. The summed E-state index contributed by atoms with van der Waals surface area (Å²) in [5.74, 6) is 0. The first kappa shape index (κ1) is 11.2. The molecule has 1 saturated heterocycles. The van der Waals surface area contributed by atoms with Crippen molar-refractivity contribution in [2.75, 3.05) is 18.0 Å². The molecule has 3 nitrogen and oxygen atoms in total. The third-order valence-corrected chi connectivity index (χ3v) is 3.58. The lowest BCUT2D eigenvalue weighted by Crippen LogP contribution is -2.29. The van der Waals surface area contributed by atoms with Gasteiger partial charge in [-0.1, -0.05) is 12.1 Å². The van der Waals surface area contributed by atoms with E-state index in [1.54, 1.807) is 0 Å². The maximum Gasteiger partial charge on any atom is 0.150 e. The van der Waals surface area contributed by atoms with Crippen LogP contribution in [-0.2, 0) is 0 Å². The molecule has 2 heterocycles. The molecule has 1 aromatic carbocycles. The molecule has 0 radical (unpaired) electrons. The number of hydrogen-bond donors (Lipinski definition) is 0. The lowest BCUT2D eigenvalue weighted by atomic mass is 10.1. The first-order chi connectivity index (χ1) is 8.88. The smallest absolute Gasteiger partial charge is 0.150 e. The molecule has 2 aromatic rings. The van der Waals surface area contributed by atoms with Gasteiger partial charge in [0.25, 0.3) is 0 Å². The molecule has 0 bridgehead atoms. The summed E-state index contributed by atoms with van der Waals surface area (Å²) in [4.78, 5) is 17.6. The van der Waals surface area contributed by atoms with Crippen molar-refractivity contribution in [3.63, 3.8) is 0 Å². The van der Waals surface area contributed by atoms with Gasteiger partial charge >= 0.3 is 0 Å². The molecule has 0 unspecified atom stereocenters. The Bertz CT molecular complexity index is 574. The number of nitrogens with zero attached hydrogens (tertiary/aromatic N) is 2. The Morgan fingerprint density at radius 3 is 2.72 bits per heavy atom. The van der Waals surface area contributed by atoms with Gasteiger partial charge in [-0.3, -0.25) is 9.78 Å². The summed E-state index contributed by atoms with van der Waals surface area (Å²) in [6, 6.07) is 7.81. The standard InChI is InChI=1S/C15H16N2O/c18-11-12-4-5-13-14(10-12)16-7-6-15(13)17-8-2-1-3-9-17/h4-7,10-11H,1-3,8-9H2. The number of fused-ring (bicyclic) bond motifs is 1. The van der Waals surface area contributed by atoms with Gasteiger partial charge in [0.05, 0.1) is 5.52 Å². The van der Waals surface area contributed by atoms with Crippen LogP contribution in [0.15, 0.2) is 30.5 Å². The van der Waals surface area contributed by atoms with Crippen molar-refractivity contribution in [2.24, 2.45) is 0 Å². The molecule has 3 rings (SSSR count).